The molecule has 18 heavy (non-hydrogen) atoms. The van der Waals surface area contributed by atoms with E-state index >= 15 is 0 Å². The third-order valence-electron chi connectivity index (χ3n) is 3.59. The number of amides is 2. The number of nitrogens with one attached hydrogen (secondary N) is 2. The Hall–Kier alpha value is -1.14. The maximum absolute atomic E-state index is 12.3. The van der Waals surface area contributed by atoms with Gasteiger partial charge in [0.05, 0.1) is 6.04 Å². The summed E-state index contributed by atoms with van der Waals surface area (Å²) in [5.41, 5.74) is 0. The van der Waals surface area contributed by atoms with Gasteiger partial charge >= 0.3 is 0 Å². The monoisotopic (exact) mass is 254 g/mol. The summed E-state index contributed by atoms with van der Waals surface area (Å²) in [5, 5.41) is 6.46. The van der Waals surface area contributed by atoms with Crippen LogP contribution in [0.4, 0.5) is 0 Å². The van der Waals surface area contributed by atoms with E-state index in [0.717, 1.165) is 32.6 Å². The van der Waals surface area contributed by atoms with Crippen molar-refractivity contribution in [1.82, 2.24) is 20.4 Å². The Bertz CT molecular complexity index is 315. The second-order valence-corrected chi connectivity index (χ2v) is 4.90. The van der Waals surface area contributed by atoms with E-state index in [1.165, 1.54) is 0 Å². The zero-order valence-corrected chi connectivity index (χ0v) is 10.9. The van der Waals surface area contributed by atoms with Crippen molar-refractivity contribution in [3.63, 3.8) is 0 Å². The summed E-state index contributed by atoms with van der Waals surface area (Å²) in [6.07, 6.45) is 0.867. The van der Waals surface area contributed by atoms with Gasteiger partial charge in [-0.2, -0.15) is 0 Å². The molecule has 0 aromatic heterocycles. The van der Waals surface area contributed by atoms with Gasteiger partial charge in [0, 0.05) is 52.7 Å². The third kappa shape index (κ3) is 3.20. The maximum atomic E-state index is 12.3. The highest BCUT2D eigenvalue weighted by Crippen LogP contribution is 2.06. The highest BCUT2D eigenvalue weighted by molar-refractivity contribution is 5.82. The molecule has 0 bridgehead atoms. The number of rotatable bonds is 1. The molecule has 1 unspecified atom stereocenters. The van der Waals surface area contributed by atoms with E-state index in [-0.39, 0.29) is 17.9 Å². The predicted molar refractivity (Wildman–Crippen MR) is 68.1 cm³/mol. The van der Waals surface area contributed by atoms with Gasteiger partial charge in [0.15, 0.2) is 0 Å². The van der Waals surface area contributed by atoms with Crippen molar-refractivity contribution < 1.29 is 9.59 Å². The van der Waals surface area contributed by atoms with E-state index < -0.39 is 0 Å². The number of piperazine rings is 1. The Morgan fingerprint density at radius 3 is 2.44 bits per heavy atom. The van der Waals surface area contributed by atoms with E-state index in [9.17, 15) is 9.59 Å². The second kappa shape index (κ2) is 6.15. The van der Waals surface area contributed by atoms with Crippen molar-refractivity contribution in [2.75, 3.05) is 45.8 Å². The van der Waals surface area contributed by atoms with E-state index in [1.807, 2.05) is 9.80 Å². The van der Waals surface area contributed by atoms with Crippen LogP contribution in [-0.4, -0.2) is 73.5 Å². The maximum Gasteiger partial charge on any atom is 0.241 e. The summed E-state index contributed by atoms with van der Waals surface area (Å²) < 4.78 is 0. The summed E-state index contributed by atoms with van der Waals surface area (Å²) in [7, 11) is 0. The lowest BCUT2D eigenvalue weighted by Crippen LogP contribution is -2.57. The molecule has 0 saturated carbocycles. The first-order valence-corrected chi connectivity index (χ1v) is 6.67. The highest BCUT2D eigenvalue weighted by Gasteiger charge is 2.27. The standard InChI is InChI=1S/C12H22N4O2/c1-10(17)15-5-2-6-16(8-7-15)12(18)11-9-13-3-4-14-11/h11,13-14H,2-9H2,1H3. The molecule has 0 spiro atoms. The van der Waals surface area contributed by atoms with Gasteiger partial charge in [0.25, 0.3) is 0 Å². The fraction of sp³-hybridized carbons (Fsp3) is 0.833. The second-order valence-electron chi connectivity index (χ2n) is 4.90. The van der Waals surface area contributed by atoms with Crippen LogP contribution in [0.25, 0.3) is 0 Å². The van der Waals surface area contributed by atoms with Crippen LogP contribution in [0.15, 0.2) is 0 Å². The minimum absolute atomic E-state index is 0.0988. The summed E-state index contributed by atoms with van der Waals surface area (Å²) in [5.74, 6) is 0.259. The first-order chi connectivity index (χ1) is 8.68. The number of carbonyl (C=O) groups is 2. The van der Waals surface area contributed by atoms with E-state index in [1.54, 1.807) is 6.92 Å². The number of nitrogens with zero attached hydrogens (tertiary/aromatic N) is 2. The molecule has 0 aromatic rings. The molecule has 0 radical (unpaired) electrons. The topological polar surface area (TPSA) is 64.7 Å². The van der Waals surface area contributed by atoms with Crippen molar-refractivity contribution >= 4 is 11.8 Å². The third-order valence-corrected chi connectivity index (χ3v) is 3.59. The molecule has 2 aliphatic rings. The van der Waals surface area contributed by atoms with Gasteiger partial charge in [-0.3, -0.25) is 9.59 Å². The lowest BCUT2D eigenvalue weighted by Gasteiger charge is -2.29. The van der Waals surface area contributed by atoms with Crippen molar-refractivity contribution in [2.24, 2.45) is 0 Å². The predicted octanol–water partition coefficient (Wildman–Crippen LogP) is -1.37. The molecule has 6 nitrogen and oxygen atoms in total. The largest absolute Gasteiger partial charge is 0.341 e. The molecule has 0 aromatic carbocycles. The number of hydrogen-bond donors (Lipinski definition) is 2. The zero-order chi connectivity index (χ0) is 13.0. The molecule has 2 fully saturated rings. The molecule has 6 heteroatoms. The first kappa shape index (κ1) is 13.3. The first-order valence-electron chi connectivity index (χ1n) is 6.67. The Balaban J connectivity index is 1.88. The average molecular weight is 254 g/mol. The molecular formula is C12H22N4O2. The lowest BCUT2D eigenvalue weighted by atomic mass is 10.2. The minimum atomic E-state index is -0.109. The molecule has 102 valence electrons. The van der Waals surface area contributed by atoms with Gasteiger partial charge in [-0.05, 0) is 6.42 Å². The Labute approximate surface area is 108 Å². The Morgan fingerprint density at radius 2 is 1.78 bits per heavy atom. The van der Waals surface area contributed by atoms with E-state index in [0.29, 0.717) is 19.6 Å². The quantitative estimate of drug-likeness (QED) is 0.606. The Kier molecular flexibility index (Phi) is 4.54. The molecule has 2 heterocycles. The van der Waals surface area contributed by atoms with Crippen molar-refractivity contribution in [1.29, 1.82) is 0 Å². The van der Waals surface area contributed by atoms with Gasteiger partial charge < -0.3 is 20.4 Å². The molecule has 2 saturated heterocycles. The molecule has 1 atom stereocenters. The summed E-state index contributed by atoms with van der Waals surface area (Å²) in [4.78, 5) is 27.3. The minimum Gasteiger partial charge on any atom is -0.341 e. The van der Waals surface area contributed by atoms with Gasteiger partial charge in [-0.1, -0.05) is 0 Å². The fourth-order valence-electron chi connectivity index (χ4n) is 2.50. The van der Waals surface area contributed by atoms with Crippen LogP contribution >= 0.6 is 0 Å². The average Bonchev–Trinajstić information content (AvgIpc) is 2.64. The van der Waals surface area contributed by atoms with Gasteiger partial charge in [-0.15, -0.1) is 0 Å². The highest BCUT2D eigenvalue weighted by atomic mass is 16.2. The van der Waals surface area contributed by atoms with Crippen molar-refractivity contribution in [3.8, 4) is 0 Å². The summed E-state index contributed by atoms with van der Waals surface area (Å²) in [6, 6.07) is -0.109. The van der Waals surface area contributed by atoms with Crippen LogP contribution in [0.1, 0.15) is 13.3 Å². The molecule has 2 aliphatic heterocycles. The van der Waals surface area contributed by atoms with Crippen LogP contribution in [0.5, 0.6) is 0 Å². The normalized spacial score (nSPS) is 25.7. The lowest BCUT2D eigenvalue weighted by molar-refractivity contribution is -0.134. The van der Waals surface area contributed by atoms with E-state index in [2.05, 4.69) is 10.6 Å². The van der Waals surface area contributed by atoms with Crippen molar-refractivity contribution in [2.45, 2.75) is 19.4 Å². The summed E-state index contributed by atoms with van der Waals surface area (Å²) in [6.45, 7) is 6.86. The van der Waals surface area contributed by atoms with Crippen LogP contribution < -0.4 is 10.6 Å². The van der Waals surface area contributed by atoms with Gasteiger partial charge in [0.2, 0.25) is 11.8 Å². The van der Waals surface area contributed by atoms with Gasteiger partial charge in [0.1, 0.15) is 0 Å². The SMILES string of the molecule is CC(=O)N1CCCN(C(=O)C2CNCCN2)CC1. The van der Waals surface area contributed by atoms with Crippen LogP contribution in [0.2, 0.25) is 0 Å². The number of carbonyl (C=O) groups excluding carboxylic acids is 2. The molecular weight excluding hydrogens is 232 g/mol. The smallest absolute Gasteiger partial charge is 0.241 e. The van der Waals surface area contributed by atoms with Crippen LogP contribution in [0.3, 0.4) is 0 Å². The van der Waals surface area contributed by atoms with E-state index in [4.69, 9.17) is 0 Å². The molecule has 0 aliphatic carbocycles. The van der Waals surface area contributed by atoms with Crippen LogP contribution in [-0.2, 0) is 9.59 Å². The summed E-state index contributed by atoms with van der Waals surface area (Å²) >= 11 is 0. The molecule has 2 rings (SSSR count). The fourth-order valence-corrected chi connectivity index (χ4v) is 2.50. The molecule has 2 N–H and O–H groups in total. The zero-order valence-electron chi connectivity index (χ0n) is 10.9. The van der Waals surface area contributed by atoms with Crippen LogP contribution in [0, 0.1) is 0 Å². The molecule has 2 amide bonds. The van der Waals surface area contributed by atoms with Crippen molar-refractivity contribution in [3.05, 3.63) is 0 Å². The number of hydrogen-bond acceptors (Lipinski definition) is 4. The van der Waals surface area contributed by atoms with Gasteiger partial charge in [-0.25, -0.2) is 0 Å². The Morgan fingerprint density at radius 1 is 1.06 bits per heavy atom.